The molecule has 0 spiro atoms. The van der Waals surface area contributed by atoms with Crippen molar-refractivity contribution in [3.8, 4) is 5.75 Å². The highest BCUT2D eigenvalue weighted by Crippen LogP contribution is 2.24. The van der Waals surface area contributed by atoms with Crippen molar-refractivity contribution in [3.63, 3.8) is 0 Å². The van der Waals surface area contributed by atoms with Gasteiger partial charge in [-0.1, -0.05) is 29.8 Å². The molecule has 0 atom stereocenters. The van der Waals surface area contributed by atoms with Gasteiger partial charge in [0.2, 0.25) is 5.95 Å². The van der Waals surface area contributed by atoms with E-state index in [0.717, 1.165) is 17.1 Å². The van der Waals surface area contributed by atoms with Gasteiger partial charge in [0.05, 0.1) is 24.0 Å². The largest absolute Gasteiger partial charge is 0.497 e. The molecule has 2 N–H and O–H groups in total. The summed E-state index contributed by atoms with van der Waals surface area (Å²) < 4.78 is 5.19. The van der Waals surface area contributed by atoms with E-state index < -0.39 is 0 Å². The minimum absolute atomic E-state index is 0.353. The number of hydrogen-bond acceptors (Lipinski definition) is 6. The third-order valence-corrected chi connectivity index (χ3v) is 3.35. The number of rotatable bonds is 5. The molecule has 0 fully saturated rings. The molecule has 6 nitrogen and oxygen atoms in total. The number of methoxy groups -OCH3 is 1. The number of nitrogens with zero attached hydrogens (tertiary/aromatic N) is 3. The third kappa shape index (κ3) is 3.87. The lowest BCUT2D eigenvalue weighted by molar-refractivity contribution is 0.415. The predicted octanol–water partition coefficient (Wildman–Crippen LogP) is 4.02. The number of benzene rings is 2. The predicted molar refractivity (Wildman–Crippen MR) is 90.8 cm³/mol. The summed E-state index contributed by atoms with van der Waals surface area (Å²) in [6, 6.07) is 14.9. The standard InChI is InChI=1S/C16H14ClN5O/c1-23-12-6-4-5-11(9-12)19-15-10-18-22-16(21-15)20-14-8-3-2-7-13(14)17/h2-10H,1H3,(H2,19,20,21,22). The summed E-state index contributed by atoms with van der Waals surface area (Å²) in [6.07, 6.45) is 1.54. The fraction of sp³-hybridized carbons (Fsp3) is 0.0625. The van der Waals surface area contributed by atoms with E-state index >= 15 is 0 Å². The maximum atomic E-state index is 6.11. The molecule has 2 aromatic carbocycles. The van der Waals surface area contributed by atoms with Gasteiger partial charge in [0.15, 0.2) is 5.82 Å². The second-order valence-electron chi connectivity index (χ2n) is 4.63. The first-order valence-corrected chi connectivity index (χ1v) is 7.25. The molecule has 0 saturated heterocycles. The fourth-order valence-corrected chi connectivity index (χ4v) is 2.13. The number of nitrogens with one attached hydrogen (secondary N) is 2. The highest BCUT2D eigenvalue weighted by molar-refractivity contribution is 6.33. The van der Waals surface area contributed by atoms with Crippen molar-refractivity contribution in [1.82, 2.24) is 15.2 Å². The Balaban J connectivity index is 1.78. The van der Waals surface area contributed by atoms with Crippen LogP contribution >= 0.6 is 11.6 Å². The van der Waals surface area contributed by atoms with E-state index in [9.17, 15) is 0 Å². The van der Waals surface area contributed by atoms with Crippen LogP contribution in [-0.4, -0.2) is 22.3 Å². The molecule has 0 unspecified atom stereocenters. The Morgan fingerprint density at radius 3 is 2.74 bits per heavy atom. The first kappa shape index (κ1) is 15.1. The Kier molecular flexibility index (Phi) is 4.54. The molecule has 1 heterocycles. The van der Waals surface area contributed by atoms with Crippen LogP contribution in [0.2, 0.25) is 5.02 Å². The minimum Gasteiger partial charge on any atom is -0.497 e. The molecule has 1 aromatic heterocycles. The summed E-state index contributed by atoms with van der Waals surface area (Å²) in [4.78, 5) is 4.36. The topological polar surface area (TPSA) is 72.0 Å². The Morgan fingerprint density at radius 2 is 1.91 bits per heavy atom. The zero-order valence-corrected chi connectivity index (χ0v) is 13.1. The summed E-state index contributed by atoms with van der Waals surface area (Å²) >= 11 is 6.11. The van der Waals surface area contributed by atoms with Crippen LogP contribution < -0.4 is 15.4 Å². The molecule has 116 valence electrons. The van der Waals surface area contributed by atoms with Crippen LogP contribution in [0.4, 0.5) is 23.1 Å². The summed E-state index contributed by atoms with van der Waals surface area (Å²) in [6.45, 7) is 0. The molecule has 0 radical (unpaired) electrons. The van der Waals surface area contributed by atoms with E-state index in [1.807, 2.05) is 42.5 Å². The van der Waals surface area contributed by atoms with E-state index in [-0.39, 0.29) is 0 Å². The molecule has 0 bridgehead atoms. The van der Waals surface area contributed by atoms with Crippen molar-refractivity contribution in [1.29, 1.82) is 0 Å². The second-order valence-corrected chi connectivity index (χ2v) is 5.03. The van der Waals surface area contributed by atoms with Crippen LogP contribution in [0.1, 0.15) is 0 Å². The van der Waals surface area contributed by atoms with Crippen LogP contribution in [0.5, 0.6) is 5.75 Å². The number of ether oxygens (including phenoxy) is 1. The number of hydrogen-bond donors (Lipinski definition) is 2. The fourth-order valence-electron chi connectivity index (χ4n) is 1.95. The molecule has 3 rings (SSSR count). The molecule has 23 heavy (non-hydrogen) atoms. The lowest BCUT2D eigenvalue weighted by atomic mass is 10.3. The molecule has 0 aliphatic heterocycles. The van der Waals surface area contributed by atoms with Gasteiger partial charge in [0, 0.05) is 11.8 Å². The van der Waals surface area contributed by atoms with Crippen LogP contribution in [0.15, 0.2) is 54.7 Å². The average Bonchev–Trinajstić information content (AvgIpc) is 2.57. The van der Waals surface area contributed by atoms with Crippen molar-refractivity contribution in [3.05, 3.63) is 59.8 Å². The van der Waals surface area contributed by atoms with Gasteiger partial charge in [-0.3, -0.25) is 0 Å². The number of halogens is 1. The zero-order chi connectivity index (χ0) is 16.1. The van der Waals surface area contributed by atoms with E-state index in [0.29, 0.717) is 16.8 Å². The number of para-hydroxylation sites is 1. The first-order chi connectivity index (χ1) is 11.2. The molecule has 0 aliphatic carbocycles. The van der Waals surface area contributed by atoms with Gasteiger partial charge >= 0.3 is 0 Å². The van der Waals surface area contributed by atoms with E-state index in [2.05, 4.69) is 25.8 Å². The molecular weight excluding hydrogens is 314 g/mol. The third-order valence-electron chi connectivity index (χ3n) is 3.02. The highest BCUT2D eigenvalue weighted by atomic mass is 35.5. The Morgan fingerprint density at radius 1 is 1.04 bits per heavy atom. The molecular formula is C16H14ClN5O. The highest BCUT2D eigenvalue weighted by Gasteiger charge is 2.05. The molecule has 0 aliphatic rings. The lowest BCUT2D eigenvalue weighted by Crippen LogP contribution is -2.02. The van der Waals surface area contributed by atoms with Crippen molar-refractivity contribution in [2.75, 3.05) is 17.7 Å². The monoisotopic (exact) mass is 327 g/mol. The average molecular weight is 328 g/mol. The van der Waals surface area contributed by atoms with Crippen LogP contribution in [-0.2, 0) is 0 Å². The maximum absolute atomic E-state index is 6.11. The summed E-state index contributed by atoms with van der Waals surface area (Å²) in [5, 5.41) is 14.7. The molecule has 3 aromatic rings. The van der Waals surface area contributed by atoms with Gasteiger partial charge in [-0.05, 0) is 24.3 Å². The van der Waals surface area contributed by atoms with Crippen molar-refractivity contribution in [2.45, 2.75) is 0 Å². The molecule has 7 heteroatoms. The SMILES string of the molecule is COc1cccc(Nc2cnnc(Nc3ccccc3Cl)n2)c1. The zero-order valence-electron chi connectivity index (χ0n) is 12.3. The molecule has 0 saturated carbocycles. The summed E-state index contributed by atoms with van der Waals surface area (Å²) in [7, 11) is 1.62. The summed E-state index contributed by atoms with van der Waals surface area (Å²) in [5.41, 5.74) is 1.56. The summed E-state index contributed by atoms with van der Waals surface area (Å²) in [5.74, 6) is 1.67. The number of aromatic nitrogens is 3. The second kappa shape index (κ2) is 6.93. The van der Waals surface area contributed by atoms with Gasteiger partial charge in [0.1, 0.15) is 5.75 Å². The lowest BCUT2D eigenvalue weighted by Gasteiger charge is -2.09. The Labute approximate surface area is 138 Å². The normalized spacial score (nSPS) is 10.2. The van der Waals surface area contributed by atoms with Gasteiger partial charge < -0.3 is 15.4 Å². The van der Waals surface area contributed by atoms with E-state index in [1.54, 1.807) is 13.2 Å². The van der Waals surface area contributed by atoms with Crippen molar-refractivity contribution < 1.29 is 4.74 Å². The van der Waals surface area contributed by atoms with E-state index in [1.165, 1.54) is 6.20 Å². The first-order valence-electron chi connectivity index (χ1n) is 6.87. The Hall–Kier alpha value is -2.86. The van der Waals surface area contributed by atoms with Crippen LogP contribution in [0.25, 0.3) is 0 Å². The maximum Gasteiger partial charge on any atom is 0.249 e. The van der Waals surface area contributed by atoms with E-state index in [4.69, 9.17) is 16.3 Å². The molecule has 0 amide bonds. The van der Waals surface area contributed by atoms with Gasteiger partial charge in [-0.2, -0.15) is 10.1 Å². The van der Waals surface area contributed by atoms with Crippen LogP contribution in [0.3, 0.4) is 0 Å². The van der Waals surface area contributed by atoms with Gasteiger partial charge in [0.25, 0.3) is 0 Å². The van der Waals surface area contributed by atoms with Gasteiger partial charge in [-0.15, -0.1) is 5.10 Å². The van der Waals surface area contributed by atoms with Crippen LogP contribution in [0, 0.1) is 0 Å². The smallest absolute Gasteiger partial charge is 0.249 e. The quantitative estimate of drug-likeness (QED) is 0.737. The Bertz CT molecular complexity index is 812. The minimum atomic E-state index is 0.353. The van der Waals surface area contributed by atoms with Crippen molar-refractivity contribution >= 4 is 34.7 Å². The van der Waals surface area contributed by atoms with Gasteiger partial charge in [-0.25, -0.2) is 0 Å². The van der Waals surface area contributed by atoms with Crippen molar-refractivity contribution in [2.24, 2.45) is 0 Å². The number of anilines is 4.